The Kier molecular flexibility index (Phi) is 5.88. The van der Waals surface area contributed by atoms with Crippen LogP contribution in [0.1, 0.15) is 29.2 Å². The van der Waals surface area contributed by atoms with Crippen LogP contribution in [0.15, 0.2) is 48.5 Å². The maximum atomic E-state index is 14.3. The van der Waals surface area contributed by atoms with Crippen molar-refractivity contribution in [1.82, 2.24) is 19.5 Å². The van der Waals surface area contributed by atoms with Crippen molar-refractivity contribution < 1.29 is 14.4 Å². The van der Waals surface area contributed by atoms with Crippen molar-refractivity contribution in [2.45, 2.75) is 19.4 Å². The number of piperazine rings is 1. The van der Waals surface area contributed by atoms with E-state index in [1.165, 1.54) is 34.1 Å². The standard InChI is InChI=1S/C23H23FN6O3S/c1-2-19-25-23-29(26-19)22(31)21(34-23)20(15-7-9-16(10-8-15)30(32)33)28-13-11-27(12-14-28)18-6-4-3-5-17(18)24/h3-10,20,31H,2,11-14H2,1H3/t20-/m0/s1. The minimum absolute atomic E-state index is 0.00586. The maximum absolute atomic E-state index is 14.3. The lowest BCUT2D eigenvalue weighted by Crippen LogP contribution is -2.48. The molecule has 0 spiro atoms. The lowest BCUT2D eigenvalue weighted by molar-refractivity contribution is -0.384. The molecule has 0 saturated carbocycles. The summed E-state index contributed by atoms with van der Waals surface area (Å²) in [6.07, 6.45) is 0.660. The average molecular weight is 483 g/mol. The highest BCUT2D eigenvalue weighted by Crippen LogP contribution is 2.41. The number of aromatic nitrogens is 3. The summed E-state index contributed by atoms with van der Waals surface area (Å²) in [7, 11) is 0. The first-order chi connectivity index (χ1) is 16.5. The van der Waals surface area contributed by atoms with E-state index in [1.807, 2.05) is 17.9 Å². The number of rotatable bonds is 6. The molecule has 1 atom stereocenters. The summed E-state index contributed by atoms with van der Waals surface area (Å²) in [6, 6.07) is 12.8. The summed E-state index contributed by atoms with van der Waals surface area (Å²) in [5.41, 5.74) is 1.40. The highest BCUT2D eigenvalue weighted by Gasteiger charge is 2.32. The molecule has 9 nitrogen and oxygen atoms in total. The van der Waals surface area contributed by atoms with Gasteiger partial charge in [-0.2, -0.15) is 4.52 Å². The predicted octanol–water partition coefficient (Wildman–Crippen LogP) is 4.02. The lowest BCUT2D eigenvalue weighted by atomic mass is 10.0. The van der Waals surface area contributed by atoms with Gasteiger partial charge >= 0.3 is 0 Å². The summed E-state index contributed by atoms with van der Waals surface area (Å²) in [5, 5.41) is 26.6. The normalized spacial score (nSPS) is 15.6. The van der Waals surface area contributed by atoms with Crippen LogP contribution in [-0.2, 0) is 6.42 Å². The molecule has 0 unspecified atom stereocenters. The molecule has 11 heteroatoms. The Balaban J connectivity index is 1.49. The van der Waals surface area contributed by atoms with Crippen molar-refractivity contribution in [3.05, 3.63) is 80.7 Å². The van der Waals surface area contributed by atoms with Gasteiger partial charge in [-0.25, -0.2) is 9.37 Å². The van der Waals surface area contributed by atoms with E-state index in [4.69, 9.17) is 0 Å². The zero-order valence-corrected chi connectivity index (χ0v) is 19.3. The summed E-state index contributed by atoms with van der Waals surface area (Å²) in [4.78, 5) is 20.7. The number of benzene rings is 2. The Morgan fingerprint density at radius 3 is 2.47 bits per heavy atom. The molecule has 0 radical (unpaired) electrons. The molecule has 1 aliphatic heterocycles. The van der Waals surface area contributed by atoms with Gasteiger partial charge in [0.2, 0.25) is 10.8 Å². The van der Waals surface area contributed by atoms with E-state index >= 15 is 0 Å². The molecule has 1 fully saturated rings. The molecule has 0 bridgehead atoms. The molecule has 0 aliphatic carbocycles. The molecule has 0 amide bonds. The minimum atomic E-state index is -0.432. The first kappa shape index (κ1) is 22.2. The first-order valence-electron chi connectivity index (χ1n) is 11.0. The van der Waals surface area contributed by atoms with E-state index in [-0.39, 0.29) is 23.4 Å². The molecule has 5 rings (SSSR count). The van der Waals surface area contributed by atoms with Gasteiger partial charge in [-0.15, -0.1) is 5.10 Å². The molecule has 1 saturated heterocycles. The van der Waals surface area contributed by atoms with Gasteiger partial charge in [0.1, 0.15) is 5.82 Å². The number of non-ortho nitro benzene ring substituents is 1. The molecular formula is C23H23FN6O3S. The Labute approximate surface area is 198 Å². The van der Waals surface area contributed by atoms with Crippen LogP contribution in [0.5, 0.6) is 5.88 Å². The number of hydrogen-bond donors (Lipinski definition) is 1. The third-order valence-electron chi connectivity index (χ3n) is 6.10. The van der Waals surface area contributed by atoms with Crippen molar-refractivity contribution in [1.29, 1.82) is 0 Å². The minimum Gasteiger partial charge on any atom is -0.492 e. The fourth-order valence-corrected chi connectivity index (χ4v) is 5.49. The van der Waals surface area contributed by atoms with Crippen molar-refractivity contribution in [2.24, 2.45) is 0 Å². The summed E-state index contributed by atoms with van der Waals surface area (Å²) in [5.74, 6) is 0.420. The maximum Gasteiger partial charge on any atom is 0.269 e. The van der Waals surface area contributed by atoms with E-state index in [1.54, 1.807) is 24.3 Å². The number of nitrogens with zero attached hydrogens (tertiary/aromatic N) is 6. The highest BCUT2D eigenvalue weighted by atomic mass is 32.1. The van der Waals surface area contributed by atoms with E-state index in [9.17, 15) is 19.6 Å². The SMILES string of the molecule is CCc1nc2sc([C@H](c3ccc([N+](=O)[O-])cc3)N3CCN(c4ccccc4F)CC3)c(O)n2n1. The fourth-order valence-electron chi connectivity index (χ4n) is 4.35. The van der Waals surface area contributed by atoms with E-state index in [0.717, 1.165) is 5.56 Å². The summed E-state index contributed by atoms with van der Waals surface area (Å²) in [6.45, 7) is 4.39. The van der Waals surface area contributed by atoms with Crippen molar-refractivity contribution in [2.75, 3.05) is 31.1 Å². The zero-order chi connectivity index (χ0) is 23.8. The van der Waals surface area contributed by atoms with Crippen molar-refractivity contribution in [3.8, 4) is 5.88 Å². The van der Waals surface area contributed by atoms with E-state index < -0.39 is 4.92 Å². The van der Waals surface area contributed by atoms with Crippen molar-refractivity contribution in [3.63, 3.8) is 0 Å². The van der Waals surface area contributed by atoms with Gasteiger partial charge in [-0.05, 0) is 17.7 Å². The van der Waals surface area contributed by atoms with Crippen molar-refractivity contribution >= 4 is 27.7 Å². The zero-order valence-electron chi connectivity index (χ0n) is 18.5. The second-order valence-corrected chi connectivity index (χ2v) is 9.10. The third-order valence-corrected chi connectivity index (χ3v) is 7.17. The van der Waals surface area contributed by atoms with Gasteiger partial charge in [0.05, 0.1) is 21.5 Å². The first-order valence-corrected chi connectivity index (χ1v) is 11.8. The molecule has 2 aromatic carbocycles. The number of thiazole rings is 1. The van der Waals surface area contributed by atoms with Crippen LogP contribution in [0.25, 0.3) is 4.96 Å². The number of aryl methyl sites for hydroxylation is 1. The molecule has 1 aliphatic rings. The number of fused-ring (bicyclic) bond motifs is 1. The smallest absolute Gasteiger partial charge is 0.269 e. The molecular weight excluding hydrogens is 459 g/mol. The average Bonchev–Trinajstić information content (AvgIpc) is 3.39. The Hall–Kier alpha value is -3.57. The highest BCUT2D eigenvalue weighted by molar-refractivity contribution is 7.17. The van der Waals surface area contributed by atoms with Crippen LogP contribution in [0, 0.1) is 15.9 Å². The van der Waals surface area contributed by atoms with Crippen LogP contribution in [0.4, 0.5) is 15.8 Å². The Morgan fingerprint density at radius 2 is 1.85 bits per heavy atom. The largest absolute Gasteiger partial charge is 0.492 e. The van der Waals surface area contributed by atoms with Crippen LogP contribution in [0.3, 0.4) is 0 Å². The van der Waals surface area contributed by atoms with Gasteiger partial charge in [0.25, 0.3) is 5.69 Å². The lowest BCUT2D eigenvalue weighted by Gasteiger charge is -2.40. The number of halogens is 1. The molecule has 34 heavy (non-hydrogen) atoms. The quantitative estimate of drug-likeness (QED) is 0.327. The molecule has 3 heterocycles. The second kappa shape index (κ2) is 8.99. The molecule has 2 aromatic heterocycles. The third kappa shape index (κ3) is 3.97. The van der Waals surface area contributed by atoms with Gasteiger partial charge < -0.3 is 10.0 Å². The fraction of sp³-hybridized carbons (Fsp3) is 0.304. The van der Waals surface area contributed by atoms with Crippen LogP contribution in [-0.4, -0.2) is 55.7 Å². The van der Waals surface area contributed by atoms with Crippen LogP contribution < -0.4 is 4.90 Å². The summed E-state index contributed by atoms with van der Waals surface area (Å²) < 4.78 is 15.8. The van der Waals surface area contributed by atoms with Crippen LogP contribution >= 0.6 is 11.3 Å². The van der Waals surface area contributed by atoms with Crippen LogP contribution in [0.2, 0.25) is 0 Å². The molecule has 4 aromatic rings. The number of hydrogen-bond acceptors (Lipinski definition) is 8. The van der Waals surface area contributed by atoms with Gasteiger partial charge in [0.15, 0.2) is 5.82 Å². The van der Waals surface area contributed by atoms with E-state index in [2.05, 4.69) is 15.0 Å². The second-order valence-electron chi connectivity index (χ2n) is 8.09. The number of aromatic hydroxyl groups is 1. The topological polar surface area (TPSA) is 100 Å². The monoisotopic (exact) mass is 482 g/mol. The predicted molar refractivity (Wildman–Crippen MR) is 127 cm³/mol. The molecule has 1 N–H and O–H groups in total. The van der Waals surface area contributed by atoms with Gasteiger partial charge in [0, 0.05) is 44.7 Å². The van der Waals surface area contributed by atoms with E-state index in [0.29, 0.717) is 53.9 Å². The number of anilines is 1. The number of nitro groups is 1. The van der Waals surface area contributed by atoms with Gasteiger partial charge in [-0.3, -0.25) is 15.0 Å². The number of para-hydroxylation sites is 1. The Morgan fingerprint density at radius 1 is 1.15 bits per heavy atom. The summed E-state index contributed by atoms with van der Waals surface area (Å²) >= 11 is 1.36. The van der Waals surface area contributed by atoms with Gasteiger partial charge in [-0.1, -0.05) is 42.5 Å². The number of nitro benzene ring substituents is 1. The Bertz CT molecular complexity index is 1330. The molecule has 176 valence electrons.